The monoisotopic (exact) mass is 228 g/mol. The maximum Gasteiger partial charge on any atom is 0.168 e. The van der Waals surface area contributed by atoms with Gasteiger partial charge in [-0.3, -0.25) is 0 Å². The van der Waals surface area contributed by atoms with Crippen molar-refractivity contribution in [2.24, 2.45) is 5.11 Å². The molecule has 0 saturated carbocycles. The molecule has 1 aromatic carbocycles. The molecule has 0 spiro atoms. The second-order valence-electron chi connectivity index (χ2n) is 2.99. The van der Waals surface area contributed by atoms with Crippen LogP contribution in [0.25, 0.3) is 20.7 Å². The van der Waals surface area contributed by atoms with E-state index in [0.29, 0.717) is 13.0 Å². The smallest absolute Gasteiger partial charge is 0.168 e. The minimum Gasteiger partial charge on any atom is -0.228 e. The average molecular weight is 228 g/mol. The van der Waals surface area contributed by atoms with Crippen LogP contribution in [0.2, 0.25) is 0 Å². The highest BCUT2D eigenvalue weighted by Gasteiger charge is 1.98. The van der Waals surface area contributed by atoms with Crippen molar-refractivity contribution in [2.75, 3.05) is 6.54 Å². The second kappa shape index (κ2) is 5.17. The van der Waals surface area contributed by atoms with Gasteiger partial charge in [-0.15, -0.1) is 11.3 Å². The Morgan fingerprint density at radius 1 is 1.44 bits per heavy atom. The fraction of sp³-hybridized carbons (Fsp3) is 0.182. The van der Waals surface area contributed by atoms with E-state index in [0.717, 1.165) is 15.2 Å². The van der Waals surface area contributed by atoms with E-state index in [4.69, 9.17) is 5.53 Å². The van der Waals surface area contributed by atoms with Gasteiger partial charge in [-0.25, -0.2) is 4.98 Å². The van der Waals surface area contributed by atoms with Crippen LogP contribution in [0.1, 0.15) is 11.4 Å². The minimum atomic E-state index is 0.411. The molecule has 0 aliphatic carbocycles. The average Bonchev–Trinajstić information content (AvgIpc) is 2.71. The van der Waals surface area contributed by atoms with Gasteiger partial charge in [-0.05, 0) is 23.6 Å². The van der Waals surface area contributed by atoms with Gasteiger partial charge >= 0.3 is 0 Å². The summed E-state index contributed by atoms with van der Waals surface area (Å²) in [5.74, 6) is 5.90. The molecule has 2 aromatic rings. The Balaban J connectivity index is 2.12. The van der Waals surface area contributed by atoms with E-state index in [1.807, 2.05) is 24.3 Å². The zero-order chi connectivity index (χ0) is 11.2. The summed E-state index contributed by atoms with van der Waals surface area (Å²) in [5, 5.41) is 4.21. The Kier molecular flexibility index (Phi) is 3.39. The summed E-state index contributed by atoms with van der Waals surface area (Å²) in [7, 11) is 0. The molecule has 0 bridgehead atoms. The van der Waals surface area contributed by atoms with Crippen LogP contribution in [0.4, 0.5) is 0 Å². The summed E-state index contributed by atoms with van der Waals surface area (Å²) >= 11 is 1.57. The number of rotatable bonds is 2. The van der Waals surface area contributed by atoms with Crippen LogP contribution in [0, 0.1) is 11.8 Å². The lowest BCUT2D eigenvalue weighted by molar-refractivity contribution is 1.01. The summed E-state index contributed by atoms with van der Waals surface area (Å²) in [6.45, 7) is 0.411. The molecule has 4 nitrogen and oxygen atoms in total. The highest BCUT2D eigenvalue weighted by molar-refractivity contribution is 7.19. The van der Waals surface area contributed by atoms with Crippen molar-refractivity contribution in [3.05, 3.63) is 39.7 Å². The predicted molar refractivity (Wildman–Crippen MR) is 65.1 cm³/mol. The number of nitrogens with zero attached hydrogens (tertiary/aromatic N) is 4. The van der Waals surface area contributed by atoms with E-state index in [1.165, 1.54) is 0 Å². The maximum atomic E-state index is 8.08. The number of fused-ring (bicyclic) bond motifs is 1. The molecule has 78 valence electrons. The minimum absolute atomic E-state index is 0.411. The van der Waals surface area contributed by atoms with Crippen LogP contribution >= 0.6 is 11.3 Å². The van der Waals surface area contributed by atoms with E-state index >= 15 is 0 Å². The lowest BCUT2D eigenvalue weighted by atomic mass is 10.3. The molecule has 0 unspecified atom stereocenters. The molecule has 0 aliphatic heterocycles. The molecule has 0 fully saturated rings. The number of aromatic nitrogens is 1. The molecule has 1 heterocycles. The van der Waals surface area contributed by atoms with Crippen molar-refractivity contribution in [3.8, 4) is 11.8 Å². The topological polar surface area (TPSA) is 61.7 Å². The van der Waals surface area contributed by atoms with Crippen LogP contribution < -0.4 is 0 Å². The Morgan fingerprint density at radius 3 is 3.12 bits per heavy atom. The molecular weight excluding hydrogens is 220 g/mol. The third-order valence-corrected chi connectivity index (χ3v) is 2.84. The molecule has 0 N–H and O–H groups in total. The van der Waals surface area contributed by atoms with E-state index < -0.39 is 0 Å². The maximum absolute atomic E-state index is 8.08. The first-order valence-corrected chi connectivity index (χ1v) is 5.57. The summed E-state index contributed by atoms with van der Waals surface area (Å²) in [4.78, 5) is 7.03. The number of benzene rings is 1. The first kappa shape index (κ1) is 10.5. The lowest BCUT2D eigenvalue weighted by Gasteiger charge is -1.80. The van der Waals surface area contributed by atoms with Gasteiger partial charge in [0.05, 0.1) is 10.2 Å². The highest BCUT2D eigenvalue weighted by Crippen LogP contribution is 2.20. The normalized spacial score (nSPS) is 9.25. The Labute approximate surface area is 96.6 Å². The van der Waals surface area contributed by atoms with Crippen molar-refractivity contribution in [2.45, 2.75) is 6.42 Å². The molecule has 0 radical (unpaired) electrons. The summed E-state index contributed by atoms with van der Waals surface area (Å²) in [5.41, 5.74) is 9.06. The van der Waals surface area contributed by atoms with Crippen LogP contribution in [-0.2, 0) is 0 Å². The highest BCUT2D eigenvalue weighted by atomic mass is 32.1. The van der Waals surface area contributed by atoms with Crippen LogP contribution in [0.15, 0.2) is 29.4 Å². The van der Waals surface area contributed by atoms with Gasteiger partial charge in [0.1, 0.15) is 0 Å². The van der Waals surface area contributed by atoms with Gasteiger partial charge < -0.3 is 0 Å². The summed E-state index contributed by atoms with van der Waals surface area (Å²) in [6.07, 6.45) is 0.569. The molecule has 0 amide bonds. The van der Waals surface area contributed by atoms with Crippen molar-refractivity contribution in [3.63, 3.8) is 0 Å². The lowest BCUT2D eigenvalue weighted by Crippen LogP contribution is -1.74. The van der Waals surface area contributed by atoms with Crippen molar-refractivity contribution in [1.82, 2.24) is 4.98 Å². The zero-order valence-electron chi connectivity index (χ0n) is 8.42. The van der Waals surface area contributed by atoms with Gasteiger partial charge in [-0.1, -0.05) is 23.2 Å². The number of azide groups is 1. The SMILES string of the molecule is [N-]=[N+]=NCCC#Cc1nc2ccccc2s1. The quantitative estimate of drug-likeness (QED) is 0.255. The molecule has 16 heavy (non-hydrogen) atoms. The number of thiazole rings is 1. The van der Waals surface area contributed by atoms with Gasteiger partial charge in [0.2, 0.25) is 0 Å². The molecule has 0 atom stereocenters. The first-order valence-electron chi connectivity index (χ1n) is 4.75. The van der Waals surface area contributed by atoms with Gasteiger partial charge in [0.25, 0.3) is 0 Å². The van der Waals surface area contributed by atoms with Crippen LogP contribution in [0.3, 0.4) is 0 Å². The molecule has 0 aliphatic rings. The van der Waals surface area contributed by atoms with E-state index in [9.17, 15) is 0 Å². The fourth-order valence-electron chi connectivity index (χ4n) is 1.21. The number of hydrogen-bond donors (Lipinski definition) is 0. The molecule has 1 aromatic heterocycles. The van der Waals surface area contributed by atoms with E-state index in [-0.39, 0.29) is 0 Å². The van der Waals surface area contributed by atoms with Crippen molar-refractivity contribution >= 4 is 21.6 Å². The first-order chi connectivity index (χ1) is 7.90. The van der Waals surface area contributed by atoms with Gasteiger partial charge in [0.15, 0.2) is 5.01 Å². The molecule has 5 heteroatoms. The van der Waals surface area contributed by atoms with Gasteiger partial charge in [-0.2, -0.15) is 0 Å². The largest absolute Gasteiger partial charge is 0.228 e. The second-order valence-corrected chi connectivity index (χ2v) is 4.02. The fourth-order valence-corrected chi connectivity index (χ4v) is 2.05. The van der Waals surface area contributed by atoms with Gasteiger partial charge in [0, 0.05) is 17.9 Å². The predicted octanol–water partition coefficient (Wildman–Crippen LogP) is 3.35. The number of hydrogen-bond acceptors (Lipinski definition) is 3. The Morgan fingerprint density at radius 2 is 2.31 bits per heavy atom. The third-order valence-electron chi connectivity index (χ3n) is 1.89. The molecule has 2 rings (SSSR count). The van der Waals surface area contributed by atoms with Crippen molar-refractivity contribution < 1.29 is 0 Å². The third kappa shape index (κ3) is 2.51. The molecule has 0 saturated heterocycles. The van der Waals surface area contributed by atoms with E-state index in [2.05, 4.69) is 26.9 Å². The van der Waals surface area contributed by atoms with Crippen LogP contribution in [0.5, 0.6) is 0 Å². The number of para-hydroxylation sites is 1. The van der Waals surface area contributed by atoms with E-state index in [1.54, 1.807) is 11.3 Å². The zero-order valence-corrected chi connectivity index (χ0v) is 9.24. The molecular formula is C11H8N4S. The summed E-state index contributed by atoms with van der Waals surface area (Å²) < 4.78 is 1.14. The Hall–Kier alpha value is -2.02. The summed E-state index contributed by atoms with van der Waals surface area (Å²) in [6, 6.07) is 7.94. The van der Waals surface area contributed by atoms with Crippen LogP contribution in [-0.4, -0.2) is 11.5 Å². The van der Waals surface area contributed by atoms with Crippen molar-refractivity contribution in [1.29, 1.82) is 0 Å². The standard InChI is InChI=1S/C11H8N4S/c12-15-13-8-4-3-7-11-14-9-5-1-2-6-10(9)16-11/h1-2,5-6H,4,8H2. The Bertz CT molecular complexity index is 566.